The number of rotatable bonds is 10. The van der Waals surface area contributed by atoms with Crippen molar-refractivity contribution in [1.29, 1.82) is 0 Å². The molecule has 214 valence electrons. The van der Waals surface area contributed by atoms with Crippen LogP contribution in [0.4, 0.5) is 0 Å². The summed E-state index contributed by atoms with van der Waals surface area (Å²) >= 11 is 0. The average Bonchev–Trinajstić information content (AvgIpc) is 2.99. The predicted molar refractivity (Wildman–Crippen MR) is 141 cm³/mol. The van der Waals surface area contributed by atoms with Gasteiger partial charge in [0.05, 0.1) is 49.7 Å². The first kappa shape index (κ1) is 33.1. The molecule has 0 aliphatic heterocycles. The van der Waals surface area contributed by atoms with E-state index in [0.717, 1.165) is 0 Å². The number of aliphatic hydroxyl groups excluding tert-OH is 2. The normalized spacial score (nSPS) is 9.50. The van der Waals surface area contributed by atoms with E-state index in [1.807, 2.05) is 0 Å². The molecule has 0 aromatic heterocycles. The predicted octanol–water partition coefficient (Wildman–Crippen LogP) is 2.77. The fraction of sp³-hybridized carbons (Fsp3) is 0.214. The molecule has 0 amide bonds. The van der Waals surface area contributed by atoms with Crippen LogP contribution in [0.15, 0.2) is 72.8 Å². The Labute approximate surface area is 229 Å². The SMILES string of the molecule is COc1ccc(C(=O)O)cc1.COc1ccc(C(=O)O)cc1.O=C(OCCO)c1ccc(C(=O)OCCO)cc1. The molecule has 12 heteroatoms. The number of methoxy groups -OCH3 is 2. The second-order valence-electron chi connectivity index (χ2n) is 7.36. The fourth-order valence-electron chi connectivity index (χ4n) is 2.65. The Morgan fingerprint density at radius 1 is 0.525 bits per heavy atom. The van der Waals surface area contributed by atoms with Gasteiger partial charge in [-0.05, 0) is 72.8 Å². The quantitative estimate of drug-likeness (QED) is 0.267. The molecule has 0 atom stereocenters. The highest BCUT2D eigenvalue weighted by Gasteiger charge is 2.10. The van der Waals surface area contributed by atoms with E-state index in [2.05, 4.69) is 0 Å². The largest absolute Gasteiger partial charge is 0.497 e. The maximum atomic E-state index is 11.4. The van der Waals surface area contributed by atoms with Crippen LogP contribution in [-0.4, -0.2) is 85.0 Å². The van der Waals surface area contributed by atoms with E-state index in [1.54, 1.807) is 24.3 Å². The van der Waals surface area contributed by atoms with Crippen LogP contribution in [-0.2, 0) is 9.47 Å². The van der Waals surface area contributed by atoms with Crippen molar-refractivity contribution in [3.63, 3.8) is 0 Å². The number of esters is 2. The number of benzene rings is 3. The summed E-state index contributed by atoms with van der Waals surface area (Å²) in [6.45, 7) is -0.618. The van der Waals surface area contributed by atoms with E-state index in [4.69, 9.17) is 39.4 Å². The highest BCUT2D eigenvalue weighted by atomic mass is 16.5. The summed E-state index contributed by atoms with van der Waals surface area (Å²) < 4.78 is 19.1. The summed E-state index contributed by atoms with van der Waals surface area (Å²) in [6.07, 6.45) is 0. The van der Waals surface area contributed by atoms with E-state index < -0.39 is 23.9 Å². The molecule has 12 nitrogen and oxygen atoms in total. The lowest BCUT2D eigenvalue weighted by Gasteiger charge is -2.05. The van der Waals surface area contributed by atoms with Gasteiger partial charge in [0.25, 0.3) is 0 Å². The molecule has 0 heterocycles. The van der Waals surface area contributed by atoms with Gasteiger partial charge in [-0.2, -0.15) is 0 Å². The molecule has 0 radical (unpaired) electrons. The molecule has 0 saturated heterocycles. The Hall–Kier alpha value is -4.94. The molecule has 0 fully saturated rings. The number of carboxylic acids is 2. The van der Waals surface area contributed by atoms with Gasteiger partial charge in [-0.15, -0.1) is 0 Å². The smallest absolute Gasteiger partial charge is 0.338 e. The van der Waals surface area contributed by atoms with E-state index >= 15 is 0 Å². The minimum absolute atomic E-state index is 0.0703. The second-order valence-corrected chi connectivity index (χ2v) is 7.36. The number of carbonyl (C=O) groups excluding carboxylic acids is 2. The first-order valence-electron chi connectivity index (χ1n) is 11.6. The third-order valence-corrected chi connectivity index (χ3v) is 4.68. The van der Waals surface area contributed by atoms with Crippen molar-refractivity contribution >= 4 is 23.9 Å². The van der Waals surface area contributed by atoms with Gasteiger partial charge in [-0.25, -0.2) is 19.2 Å². The molecular weight excluding hydrogens is 528 g/mol. The molecule has 0 spiro atoms. The molecule has 40 heavy (non-hydrogen) atoms. The lowest BCUT2D eigenvalue weighted by Crippen LogP contribution is -2.11. The molecule has 3 rings (SSSR count). The van der Waals surface area contributed by atoms with Crippen LogP contribution in [0.1, 0.15) is 41.4 Å². The number of hydrogen-bond donors (Lipinski definition) is 4. The third kappa shape index (κ3) is 12.1. The third-order valence-electron chi connectivity index (χ3n) is 4.68. The van der Waals surface area contributed by atoms with Gasteiger partial charge in [0, 0.05) is 0 Å². The summed E-state index contributed by atoms with van der Waals surface area (Å²) in [5.74, 6) is -1.66. The zero-order valence-electron chi connectivity index (χ0n) is 21.8. The second kappa shape index (κ2) is 18.3. The van der Waals surface area contributed by atoms with Gasteiger partial charge in [0.2, 0.25) is 0 Å². The molecule has 0 bridgehead atoms. The summed E-state index contributed by atoms with van der Waals surface area (Å²) in [5, 5.41) is 34.0. The van der Waals surface area contributed by atoms with E-state index in [-0.39, 0.29) is 48.7 Å². The van der Waals surface area contributed by atoms with Crippen LogP contribution in [0.5, 0.6) is 11.5 Å². The Morgan fingerprint density at radius 2 is 0.800 bits per heavy atom. The highest BCUT2D eigenvalue weighted by molar-refractivity contribution is 5.93. The fourth-order valence-corrected chi connectivity index (χ4v) is 2.65. The maximum Gasteiger partial charge on any atom is 0.338 e. The molecule has 3 aromatic rings. The lowest BCUT2D eigenvalue weighted by atomic mass is 10.1. The van der Waals surface area contributed by atoms with Gasteiger partial charge in [0.15, 0.2) is 0 Å². The zero-order valence-corrected chi connectivity index (χ0v) is 21.8. The Bertz CT molecular complexity index is 1110. The Morgan fingerprint density at radius 3 is 1.02 bits per heavy atom. The van der Waals surface area contributed by atoms with Crippen molar-refractivity contribution in [2.75, 3.05) is 40.6 Å². The van der Waals surface area contributed by atoms with Crippen LogP contribution in [0.25, 0.3) is 0 Å². The molecule has 0 aliphatic rings. The van der Waals surface area contributed by atoms with Crippen LogP contribution in [0.3, 0.4) is 0 Å². The first-order valence-corrected chi connectivity index (χ1v) is 11.6. The summed E-state index contributed by atoms with van der Waals surface area (Å²) in [4.78, 5) is 43.5. The molecule has 3 aromatic carbocycles. The molecule has 0 unspecified atom stereocenters. The summed E-state index contributed by atoms with van der Waals surface area (Å²) in [7, 11) is 3.07. The minimum atomic E-state index is -0.923. The molecule has 0 aliphatic carbocycles. The highest BCUT2D eigenvalue weighted by Crippen LogP contribution is 2.11. The van der Waals surface area contributed by atoms with Gasteiger partial charge in [-0.3, -0.25) is 0 Å². The van der Waals surface area contributed by atoms with Crippen molar-refractivity contribution in [1.82, 2.24) is 0 Å². The average molecular weight is 559 g/mol. The van der Waals surface area contributed by atoms with E-state index in [9.17, 15) is 19.2 Å². The monoisotopic (exact) mass is 558 g/mol. The molecule has 4 N–H and O–H groups in total. The van der Waals surface area contributed by atoms with E-state index in [1.165, 1.54) is 62.8 Å². The molecule has 0 saturated carbocycles. The van der Waals surface area contributed by atoms with Crippen LogP contribution in [0.2, 0.25) is 0 Å². The topological polar surface area (TPSA) is 186 Å². The Kier molecular flexibility index (Phi) is 15.2. The van der Waals surface area contributed by atoms with E-state index in [0.29, 0.717) is 11.5 Å². The van der Waals surface area contributed by atoms with Crippen molar-refractivity contribution < 1.29 is 58.6 Å². The number of hydrogen-bond acceptors (Lipinski definition) is 10. The van der Waals surface area contributed by atoms with Crippen LogP contribution >= 0.6 is 0 Å². The number of aromatic carboxylic acids is 2. The van der Waals surface area contributed by atoms with Crippen molar-refractivity contribution in [3.05, 3.63) is 95.1 Å². The number of carbonyl (C=O) groups is 4. The number of carboxylic acid groups (broad SMARTS) is 2. The zero-order chi connectivity index (χ0) is 29.9. The number of ether oxygens (including phenoxy) is 4. The van der Waals surface area contributed by atoms with Crippen molar-refractivity contribution in [2.45, 2.75) is 0 Å². The standard InChI is InChI=1S/C12H14O6.2C8H8O3/c13-5-7-17-11(15)9-1-2-10(4-3-9)12(16)18-8-6-14;2*1-11-7-4-2-6(3-5-7)8(9)10/h1-4,13-14H,5-8H2;2*2-5H,1H3,(H,9,10). The minimum Gasteiger partial charge on any atom is -0.497 e. The van der Waals surface area contributed by atoms with Crippen LogP contribution in [0, 0.1) is 0 Å². The van der Waals surface area contributed by atoms with Gasteiger partial charge >= 0.3 is 23.9 Å². The van der Waals surface area contributed by atoms with Gasteiger partial charge < -0.3 is 39.4 Å². The van der Waals surface area contributed by atoms with Crippen molar-refractivity contribution in [2.24, 2.45) is 0 Å². The lowest BCUT2D eigenvalue weighted by molar-refractivity contribution is 0.0422. The van der Waals surface area contributed by atoms with Gasteiger partial charge in [-0.1, -0.05) is 0 Å². The van der Waals surface area contributed by atoms with Crippen LogP contribution < -0.4 is 9.47 Å². The summed E-state index contributed by atoms with van der Waals surface area (Å²) in [6, 6.07) is 18.2. The maximum absolute atomic E-state index is 11.4. The van der Waals surface area contributed by atoms with Gasteiger partial charge in [0.1, 0.15) is 24.7 Å². The summed E-state index contributed by atoms with van der Waals surface area (Å²) in [5.41, 5.74) is 1.10. The first-order chi connectivity index (χ1) is 19.2. The molecular formula is C28H30O12. The number of aliphatic hydroxyl groups is 2. The van der Waals surface area contributed by atoms with Crippen molar-refractivity contribution in [3.8, 4) is 11.5 Å². The Balaban J connectivity index is 0.000000315.